The number of alkyl halides is 1. The molecule has 1 aromatic rings. The van der Waals surface area contributed by atoms with Crippen molar-refractivity contribution in [3.8, 4) is 5.75 Å². The number of hydrogen-bond donors (Lipinski definition) is 0. The fraction of sp³-hybridized carbons (Fsp3) is 0.385. The molecule has 0 heterocycles. The van der Waals surface area contributed by atoms with E-state index in [-0.39, 0.29) is 5.82 Å². The number of benzene rings is 1. The molecule has 0 aromatic heterocycles. The molecule has 0 bridgehead atoms. The largest absolute Gasteiger partial charge is 0.486 e. The highest BCUT2D eigenvalue weighted by molar-refractivity contribution is 9.09. The molecule has 0 fully saturated rings. The molecule has 0 atom stereocenters. The smallest absolute Gasteiger partial charge is 0.165 e. The maximum Gasteiger partial charge on any atom is 0.165 e. The lowest BCUT2D eigenvalue weighted by Gasteiger charge is -2.09. The second-order valence-corrected chi connectivity index (χ2v) is 4.51. The van der Waals surface area contributed by atoms with E-state index in [1.54, 1.807) is 18.2 Å². The van der Waals surface area contributed by atoms with Crippen molar-refractivity contribution in [2.45, 2.75) is 20.3 Å². The van der Waals surface area contributed by atoms with Gasteiger partial charge in [0, 0.05) is 5.33 Å². The normalized spacial score (nSPS) is 12.2. The Morgan fingerprint density at radius 3 is 2.56 bits per heavy atom. The number of ether oxygens (including phenoxy) is 1. The third-order valence-corrected chi connectivity index (χ3v) is 2.88. The Bertz CT molecular complexity index is 374. The highest BCUT2D eigenvalue weighted by Gasteiger charge is 2.02. The van der Waals surface area contributed by atoms with Gasteiger partial charge in [0.25, 0.3) is 0 Å². The molecule has 0 spiro atoms. The Hall–Kier alpha value is -0.830. The van der Waals surface area contributed by atoms with Gasteiger partial charge in [-0.2, -0.15) is 0 Å². The molecular formula is C13H16BrFO. The van der Waals surface area contributed by atoms with Crippen LogP contribution in [-0.2, 0) is 0 Å². The van der Waals surface area contributed by atoms with E-state index in [4.69, 9.17) is 4.74 Å². The zero-order valence-corrected chi connectivity index (χ0v) is 11.2. The second kappa shape index (κ2) is 6.69. The second-order valence-electron chi connectivity index (χ2n) is 3.72. The minimum absolute atomic E-state index is 0.312. The molecule has 88 valence electrons. The Morgan fingerprint density at radius 1 is 1.25 bits per heavy atom. The van der Waals surface area contributed by atoms with Crippen LogP contribution in [0.3, 0.4) is 0 Å². The van der Waals surface area contributed by atoms with Crippen LogP contribution in [0.2, 0.25) is 0 Å². The zero-order chi connectivity index (χ0) is 12.0. The predicted octanol–water partition coefficient (Wildman–Crippen LogP) is 4.33. The van der Waals surface area contributed by atoms with Gasteiger partial charge in [-0.15, -0.1) is 0 Å². The minimum atomic E-state index is -0.312. The fourth-order valence-corrected chi connectivity index (χ4v) is 1.82. The molecule has 1 nitrogen and oxygen atoms in total. The highest BCUT2D eigenvalue weighted by Crippen LogP contribution is 2.17. The van der Waals surface area contributed by atoms with Crippen molar-refractivity contribution in [2.24, 2.45) is 0 Å². The predicted molar refractivity (Wildman–Crippen MR) is 68.7 cm³/mol. The zero-order valence-electron chi connectivity index (χ0n) is 9.59. The van der Waals surface area contributed by atoms with Crippen molar-refractivity contribution >= 4 is 15.9 Å². The third-order valence-electron chi connectivity index (χ3n) is 2.48. The number of hydrogen-bond acceptors (Lipinski definition) is 1. The van der Waals surface area contributed by atoms with Crippen LogP contribution in [0.5, 0.6) is 5.75 Å². The molecule has 1 rings (SSSR count). The number of halogens is 2. The molecule has 3 heteroatoms. The number of allylic oxidation sites excluding steroid dienone is 1. The van der Waals surface area contributed by atoms with Crippen LogP contribution in [0.25, 0.3) is 0 Å². The van der Waals surface area contributed by atoms with Gasteiger partial charge in [-0.1, -0.05) is 33.6 Å². The molecule has 16 heavy (non-hydrogen) atoms. The van der Waals surface area contributed by atoms with Crippen LogP contribution in [0, 0.1) is 5.82 Å². The Morgan fingerprint density at radius 2 is 1.94 bits per heavy atom. The topological polar surface area (TPSA) is 9.23 Å². The minimum Gasteiger partial charge on any atom is -0.486 e. The van der Waals surface area contributed by atoms with Crippen molar-refractivity contribution in [1.29, 1.82) is 0 Å². The quantitative estimate of drug-likeness (QED) is 0.578. The lowest BCUT2D eigenvalue weighted by Crippen LogP contribution is -2.02. The maximum atomic E-state index is 13.2. The molecule has 0 unspecified atom stereocenters. The summed E-state index contributed by atoms with van der Waals surface area (Å²) < 4.78 is 18.7. The Kier molecular flexibility index (Phi) is 5.53. The summed E-state index contributed by atoms with van der Waals surface area (Å²) in [6.45, 7) is 4.53. The molecule has 0 N–H and O–H groups in total. The van der Waals surface area contributed by atoms with E-state index in [0.29, 0.717) is 12.4 Å². The average Bonchev–Trinajstić information content (AvgIpc) is 2.28. The summed E-state index contributed by atoms with van der Waals surface area (Å²) in [6.07, 6.45) is 0.993. The first-order valence-electron chi connectivity index (χ1n) is 5.23. The monoisotopic (exact) mass is 286 g/mol. The van der Waals surface area contributed by atoms with Crippen LogP contribution < -0.4 is 4.74 Å². The molecule has 0 radical (unpaired) electrons. The van der Waals surface area contributed by atoms with E-state index in [1.807, 2.05) is 6.92 Å². The van der Waals surface area contributed by atoms with Gasteiger partial charge in [-0.05, 0) is 38.0 Å². The third kappa shape index (κ3) is 3.97. The van der Waals surface area contributed by atoms with E-state index >= 15 is 0 Å². The van der Waals surface area contributed by atoms with Gasteiger partial charge < -0.3 is 4.74 Å². The molecule has 0 saturated heterocycles. The molecule has 0 saturated carbocycles. The summed E-state index contributed by atoms with van der Waals surface area (Å²) in [5.74, 6) is 0.00179. The van der Waals surface area contributed by atoms with E-state index in [2.05, 4.69) is 22.9 Å². The summed E-state index contributed by atoms with van der Waals surface area (Å²) in [5.41, 5.74) is 2.44. The van der Waals surface area contributed by atoms with Crippen LogP contribution in [0.15, 0.2) is 35.4 Å². The van der Waals surface area contributed by atoms with Crippen molar-refractivity contribution in [3.63, 3.8) is 0 Å². The summed E-state index contributed by atoms with van der Waals surface area (Å²) in [5, 5.41) is 0.940. The van der Waals surface area contributed by atoms with Crippen LogP contribution in [0.4, 0.5) is 4.39 Å². The molecule has 0 aliphatic heterocycles. The van der Waals surface area contributed by atoms with Crippen LogP contribution in [-0.4, -0.2) is 11.9 Å². The van der Waals surface area contributed by atoms with Crippen molar-refractivity contribution in [2.75, 3.05) is 11.9 Å². The first kappa shape index (κ1) is 13.2. The summed E-state index contributed by atoms with van der Waals surface area (Å²) in [6, 6.07) is 6.46. The molecular weight excluding hydrogens is 271 g/mol. The van der Waals surface area contributed by atoms with Gasteiger partial charge in [0.1, 0.15) is 6.61 Å². The van der Waals surface area contributed by atoms with Gasteiger partial charge in [0.2, 0.25) is 0 Å². The summed E-state index contributed by atoms with van der Waals surface area (Å²) in [4.78, 5) is 0. The van der Waals surface area contributed by atoms with Gasteiger partial charge in [0.15, 0.2) is 11.6 Å². The van der Waals surface area contributed by atoms with Gasteiger partial charge >= 0.3 is 0 Å². The standard InChI is InChI=1S/C13H16BrFO/c1-10(7-8-14)11(2)9-16-13-6-4-3-5-12(13)15/h3-6H,7-9H2,1-2H3/b11-10+. The van der Waals surface area contributed by atoms with E-state index in [0.717, 1.165) is 17.3 Å². The molecule has 0 aliphatic carbocycles. The van der Waals surface area contributed by atoms with E-state index in [1.165, 1.54) is 11.6 Å². The van der Waals surface area contributed by atoms with Gasteiger partial charge in [-0.25, -0.2) is 4.39 Å². The van der Waals surface area contributed by atoms with E-state index < -0.39 is 0 Å². The maximum absolute atomic E-state index is 13.2. The molecule has 1 aromatic carbocycles. The van der Waals surface area contributed by atoms with Gasteiger partial charge in [0.05, 0.1) is 0 Å². The van der Waals surface area contributed by atoms with Crippen molar-refractivity contribution in [1.82, 2.24) is 0 Å². The van der Waals surface area contributed by atoms with Crippen LogP contribution >= 0.6 is 15.9 Å². The highest BCUT2D eigenvalue weighted by atomic mass is 79.9. The molecule has 0 amide bonds. The van der Waals surface area contributed by atoms with Crippen LogP contribution in [0.1, 0.15) is 20.3 Å². The number of para-hydroxylation sites is 1. The average molecular weight is 287 g/mol. The lowest BCUT2D eigenvalue weighted by molar-refractivity contribution is 0.331. The lowest BCUT2D eigenvalue weighted by atomic mass is 10.1. The van der Waals surface area contributed by atoms with Crippen molar-refractivity contribution in [3.05, 3.63) is 41.2 Å². The Labute approximate surface area is 104 Å². The Balaban J connectivity index is 2.58. The first-order valence-corrected chi connectivity index (χ1v) is 6.35. The molecule has 0 aliphatic rings. The van der Waals surface area contributed by atoms with Gasteiger partial charge in [-0.3, -0.25) is 0 Å². The number of rotatable bonds is 5. The summed E-state index contributed by atoms with van der Waals surface area (Å²) >= 11 is 3.39. The fourth-order valence-electron chi connectivity index (χ4n) is 1.23. The van der Waals surface area contributed by atoms with Crippen molar-refractivity contribution < 1.29 is 9.13 Å². The SMILES string of the molecule is C/C(CCBr)=C(/C)COc1ccccc1F. The summed E-state index contributed by atoms with van der Waals surface area (Å²) in [7, 11) is 0. The van der Waals surface area contributed by atoms with E-state index in [9.17, 15) is 4.39 Å². The first-order chi connectivity index (χ1) is 7.65.